The molecule has 1 unspecified atom stereocenters. The van der Waals surface area contributed by atoms with E-state index in [0.717, 1.165) is 6.42 Å². The van der Waals surface area contributed by atoms with Crippen molar-refractivity contribution in [3.05, 3.63) is 29.0 Å². The maximum absolute atomic E-state index is 11.6. The summed E-state index contributed by atoms with van der Waals surface area (Å²) in [6, 6.07) is 3.25. The highest BCUT2D eigenvalue weighted by Crippen LogP contribution is 2.06. The summed E-state index contributed by atoms with van der Waals surface area (Å²) in [7, 11) is 0. The van der Waals surface area contributed by atoms with Gasteiger partial charge in [-0.3, -0.25) is 4.79 Å². The Hall–Kier alpha value is -0.800. The van der Waals surface area contributed by atoms with Crippen molar-refractivity contribution in [3.8, 4) is 0 Å². The number of carbonyl (C=O) groups is 1. The van der Waals surface area contributed by atoms with Gasteiger partial charge in [-0.1, -0.05) is 18.5 Å². The number of carbonyl (C=O) groups excluding carboxylic acids is 1. The van der Waals surface area contributed by atoms with Crippen LogP contribution in [0.2, 0.25) is 5.02 Å². The lowest BCUT2D eigenvalue weighted by atomic mass is 10.1. The predicted octanol–water partition coefficient (Wildman–Crippen LogP) is 2.73. The van der Waals surface area contributed by atoms with Crippen LogP contribution >= 0.6 is 23.2 Å². The molecule has 88 valence electrons. The summed E-state index contributed by atoms with van der Waals surface area (Å²) >= 11 is 11.3. The summed E-state index contributed by atoms with van der Waals surface area (Å²) in [5, 5.41) is 3.32. The molecule has 5 heteroatoms. The molecular weight excluding hydrogens is 247 g/mol. The second-order valence-electron chi connectivity index (χ2n) is 3.65. The maximum Gasteiger partial charge on any atom is 0.269 e. The van der Waals surface area contributed by atoms with Crippen LogP contribution in [-0.4, -0.2) is 23.3 Å². The van der Waals surface area contributed by atoms with Gasteiger partial charge in [0.25, 0.3) is 5.91 Å². The Morgan fingerprint density at radius 3 is 2.88 bits per heavy atom. The zero-order valence-electron chi connectivity index (χ0n) is 9.04. The van der Waals surface area contributed by atoms with Crippen molar-refractivity contribution in [1.82, 2.24) is 10.3 Å². The normalized spacial score (nSPS) is 12.2. The number of nitrogens with one attached hydrogen (secondary N) is 1. The summed E-state index contributed by atoms with van der Waals surface area (Å²) in [4.78, 5) is 15.5. The number of hydrogen-bond acceptors (Lipinski definition) is 2. The average molecular weight is 261 g/mol. The molecule has 1 rings (SSSR count). The molecule has 0 aliphatic heterocycles. The first kappa shape index (κ1) is 13.3. The van der Waals surface area contributed by atoms with Gasteiger partial charge in [0, 0.05) is 18.6 Å². The lowest BCUT2D eigenvalue weighted by molar-refractivity contribution is 0.0943. The molecule has 0 radical (unpaired) electrons. The van der Waals surface area contributed by atoms with Gasteiger partial charge in [-0.15, -0.1) is 11.6 Å². The first-order valence-electron chi connectivity index (χ1n) is 5.09. The van der Waals surface area contributed by atoms with Gasteiger partial charge in [0.1, 0.15) is 5.69 Å². The molecule has 1 N–H and O–H groups in total. The minimum Gasteiger partial charge on any atom is -0.350 e. The second kappa shape index (κ2) is 6.71. The van der Waals surface area contributed by atoms with E-state index >= 15 is 0 Å². The molecule has 0 fully saturated rings. The van der Waals surface area contributed by atoms with Crippen molar-refractivity contribution >= 4 is 29.1 Å². The minimum atomic E-state index is -0.182. The van der Waals surface area contributed by atoms with Gasteiger partial charge in [-0.25, -0.2) is 4.98 Å². The first-order chi connectivity index (χ1) is 7.63. The van der Waals surface area contributed by atoms with Crippen LogP contribution in [0.15, 0.2) is 18.3 Å². The number of halogens is 2. The maximum atomic E-state index is 11.6. The van der Waals surface area contributed by atoms with Crippen molar-refractivity contribution in [2.24, 2.45) is 5.92 Å². The van der Waals surface area contributed by atoms with E-state index in [4.69, 9.17) is 23.2 Å². The Bertz CT molecular complexity index is 340. The van der Waals surface area contributed by atoms with Gasteiger partial charge in [0.05, 0.1) is 5.02 Å². The van der Waals surface area contributed by atoms with Crippen LogP contribution in [0.4, 0.5) is 0 Å². The molecule has 0 aliphatic carbocycles. The Labute approximate surface area is 105 Å². The number of aromatic nitrogens is 1. The number of hydrogen-bond donors (Lipinski definition) is 1. The number of pyridine rings is 1. The Kier molecular flexibility index (Phi) is 5.56. The third-order valence-corrected chi connectivity index (χ3v) is 2.61. The standard InChI is InChI=1S/C11H14Cl2N2O/c1-8(4-5-12)6-15-11(16)10-3-2-9(13)7-14-10/h2-3,7-8H,4-6H2,1H3,(H,15,16). The fourth-order valence-corrected chi connectivity index (χ4v) is 1.64. The molecule has 1 aromatic rings. The van der Waals surface area contributed by atoms with Gasteiger partial charge < -0.3 is 5.32 Å². The van der Waals surface area contributed by atoms with E-state index in [-0.39, 0.29) is 5.91 Å². The van der Waals surface area contributed by atoms with Gasteiger partial charge in [0.2, 0.25) is 0 Å². The predicted molar refractivity (Wildman–Crippen MR) is 66.1 cm³/mol. The number of nitrogens with zero attached hydrogens (tertiary/aromatic N) is 1. The molecule has 1 atom stereocenters. The zero-order valence-corrected chi connectivity index (χ0v) is 10.6. The fraction of sp³-hybridized carbons (Fsp3) is 0.455. The monoisotopic (exact) mass is 260 g/mol. The number of rotatable bonds is 5. The van der Waals surface area contributed by atoms with Crippen LogP contribution in [-0.2, 0) is 0 Å². The summed E-state index contributed by atoms with van der Waals surface area (Å²) in [6.07, 6.45) is 2.34. The van der Waals surface area contributed by atoms with E-state index in [1.54, 1.807) is 12.1 Å². The van der Waals surface area contributed by atoms with Gasteiger partial charge >= 0.3 is 0 Å². The molecular formula is C11H14Cl2N2O. The van der Waals surface area contributed by atoms with Crippen LogP contribution in [0.5, 0.6) is 0 Å². The lowest BCUT2D eigenvalue weighted by Gasteiger charge is -2.10. The molecule has 0 bridgehead atoms. The molecule has 1 aromatic heterocycles. The summed E-state index contributed by atoms with van der Waals surface area (Å²) in [5.41, 5.74) is 0.377. The van der Waals surface area contributed by atoms with E-state index in [1.807, 2.05) is 6.92 Å². The number of amides is 1. The molecule has 0 spiro atoms. The van der Waals surface area contributed by atoms with Crippen molar-refractivity contribution in [2.45, 2.75) is 13.3 Å². The average Bonchev–Trinajstić information content (AvgIpc) is 2.27. The smallest absolute Gasteiger partial charge is 0.269 e. The van der Waals surface area contributed by atoms with Crippen molar-refractivity contribution in [3.63, 3.8) is 0 Å². The topological polar surface area (TPSA) is 42.0 Å². The second-order valence-corrected chi connectivity index (χ2v) is 4.47. The van der Waals surface area contributed by atoms with E-state index in [9.17, 15) is 4.79 Å². The van der Waals surface area contributed by atoms with Crippen LogP contribution in [0.3, 0.4) is 0 Å². The fourth-order valence-electron chi connectivity index (χ4n) is 1.16. The number of alkyl halides is 1. The van der Waals surface area contributed by atoms with Crippen LogP contribution < -0.4 is 5.32 Å². The molecule has 0 aliphatic rings. The van der Waals surface area contributed by atoms with Crippen molar-refractivity contribution in [1.29, 1.82) is 0 Å². The third-order valence-electron chi connectivity index (χ3n) is 2.17. The largest absolute Gasteiger partial charge is 0.350 e. The van der Waals surface area contributed by atoms with Gasteiger partial charge in [-0.2, -0.15) is 0 Å². The Morgan fingerprint density at radius 1 is 1.56 bits per heavy atom. The van der Waals surface area contributed by atoms with Crippen molar-refractivity contribution < 1.29 is 4.79 Å². The Morgan fingerprint density at radius 2 is 2.31 bits per heavy atom. The molecule has 0 aromatic carbocycles. The SMILES string of the molecule is CC(CCCl)CNC(=O)c1ccc(Cl)cn1. The minimum absolute atomic E-state index is 0.182. The van der Waals surface area contributed by atoms with Crippen LogP contribution in [0.25, 0.3) is 0 Å². The van der Waals surface area contributed by atoms with E-state index in [0.29, 0.717) is 29.1 Å². The molecule has 16 heavy (non-hydrogen) atoms. The molecule has 0 saturated heterocycles. The first-order valence-corrected chi connectivity index (χ1v) is 6.00. The molecule has 3 nitrogen and oxygen atoms in total. The van der Waals surface area contributed by atoms with E-state index in [1.165, 1.54) is 6.20 Å². The summed E-state index contributed by atoms with van der Waals surface area (Å²) < 4.78 is 0. The quantitative estimate of drug-likeness (QED) is 0.828. The summed E-state index contributed by atoms with van der Waals surface area (Å²) in [6.45, 7) is 2.65. The molecule has 1 amide bonds. The molecule has 1 heterocycles. The van der Waals surface area contributed by atoms with Gasteiger partial charge in [0.15, 0.2) is 0 Å². The summed E-state index contributed by atoms with van der Waals surface area (Å²) in [5.74, 6) is 0.794. The van der Waals surface area contributed by atoms with Crippen molar-refractivity contribution in [2.75, 3.05) is 12.4 Å². The highest BCUT2D eigenvalue weighted by Gasteiger charge is 2.08. The zero-order chi connectivity index (χ0) is 12.0. The van der Waals surface area contributed by atoms with E-state index in [2.05, 4.69) is 10.3 Å². The van der Waals surface area contributed by atoms with Crippen LogP contribution in [0, 0.1) is 5.92 Å². The van der Waals surface area contributed by atoms with E-state index < -0.39 is 0 Å². The molecule has 0 saturated carbocycles. The van der Waals surface area contributed by atoms with Gasteiger partial charge in [-0.05, 0) is 24.5 Å². The highest BCUT2D eigenvalue weighted by molar-refractivity contribution is 6.30. The Balaban J connectivity index is 2.43. The third kappa shape index (κ3) is 4.37. The lowest BCUT2D eigenvalue weighted by Crippen LogP contribution is -2.29. The highest BCUT2D eigenvalue weighted by atomic mass is 35.5. The van der Waals surface area contributed by atoms with Crippen LogP contribution in [0.1, 0.15) is 23.8 Å².